The minimum Gasteiger partial charge on any atom is -0.501 e. The van der Waals surface area contributed by atoms with Crippen LogP contribution in [0.25, 0.3) is 0 Å². The molecular weight excluding hydrogens is 184 g/mol. The van der Waals surface area contributed by atoms with Crippen molar-refractivity contribution in [3.8, 4) is 0 Å². The second-order valence-electron chi connectivity index (χ2n) is 3.41. The van der Waals surface area contributed by atoms with Crippen LogP contribution in [0.5, 0.6) is 0 Å². The van der Waals surface area contributed by atoms with Crippen molar-refractivity contribution in [3.05, 3.63) is 12.8 Å². The van der Waals surface area contributed by atoms with Crippen LogP contribution in [0, 0.1) is 0 Å². The van der Waals surface area contributed by atoms with Crippen molar-refractivity contribution >= 4 is 10.8 Å². The molecule has 2 atom stereocenters. The summed E-state index contributed by atoms with van der Waals surface area (Å²) in [5.74, 6) is 0.852. The second kappa shape index (κ2) is 6.19. The molecule has 3 heteroatoms. The standard InChI is InChI=1S/C10H18O2S/c1-2-12-9-10-7-5-3-4-6-8-13(10)11/h2,10H,1,3-9H2. The Bertz CT molecular complexity index is 180. The zero-order valence-corrected chi connectivity index (χ0v) is 8.85. The number of rotatable bonds is 3. The first-order chi connectivity index (χ1) is 6.34. The molecule has 1 fully saturated rings. The SMILES string of the molecule is C=COCC1CCCCCCS1=O. The molecule has 1 heterocycles. The molecule has 2 nitrogen and oxygen atoms in total. The van der Waals surface area contributed by atoms with Gasteiger partial charge in [-0.2, -0.15) is 0 Å². The molecule has 0 spiro atoms. The summed E-state index contributed by atoms with van der Waals surface area (Å²) in [5, 5.41) is 0.235. The molecule has 0 aromatic carbocycles. The largest absolute Gasteiger partial charge is 0.501 e. The molecule has 0 N–H and O–H groups in total. The van der Waals surface area contributed by atoms with Crippen molar-refractivity contribution in [3.63, 3.8) is 0 Å². The topological polar surface area (TPSA) is 26.3 Å². The summed E-state index contributed by atoms with van der Waals surface area (Å²) in [6, 6.07) is 0. The summed E-state index contributed by atoms with van der Waals surface area (Å²) >= 11 is 0. The van der Waals surface area contributed by atoms with Crippen LogP contribution in [0.3, 0.4) is 0 Å². The molecule has 0 aliphatic carbocycles. The van der Waals surface area contributed by atoms with Gasteiger partial charge in [0.05, 0.1) is 11.5 Å². The third-order valence-electron chi connectivity index (χ3n) is 2.39. The molecule has 1 aliphatic rings. The lowest BCUT2D eigenvalue weighted by atomic mass is 10.1. The van der Waals surface area contributed by atoms with Gasteiger partial charge >= 0.3 is 0 Å². The fraction of sp³-hybridized carbons (Fsp3) is 0.800. The smallest absolute Gasteiger partial charge is 0.102 e. The predicted octanol–water partition coefficient (Wildman–Crippen LogP) is 2.23. The summed E-state index contributed by atoms with van der Waals surface area (Å²) in [6.45, 7) is 4.07. The van der Waals surface area contributed by atoms with E-state index < -0.39 is 10.8 Å². The molecular formula is C10H18O2S. The van der Waals surface area contributed by atoms with Crippen LogP contribution in [0.4, 0.5) is 0 Å². The highest BCUT2D eigenvalue weighted by Crippen LogP contribution is 2.16. The quantitative estimate of drug-likeness (QED) is 0.656. The van der Waals surface area contributed by atoms with Crippen molar-refractivity contribution in [2.45, 2.75) is 37.4 Å². The van der Waals surface area contributed by atoms with Gasteiger partial charge in [-0.05, 0) is 12.8 Å². The second-order valence-corrected chi connectivity index (χ2v) is 5.25. The maximum absolute atomic E-state index is 11.7. The fourth-order valence-electron chi connectivity index (χ4n) is 1.60. The highest BCUT2D eigenvalue weighted by Gasteiger charge is 2.18. The third kappa shape index (κ3) is 3.94. The van der Waals surface area contributed by atoms with Crippen LogP contribution < -0.4 is 0 Å². The van der Waals surface area contributed by atoms with Gasteiger partial charge in [0.1, 0.15) is 6.61 Å². The lowest BCUT2D eigenvalue weighted by Crippen LogP contribution is -2.24. The molecule has 1 aliphatic heterocycles. The van der Waals surface area contributed by atoms with Gasteiger partial charge in [0.15, 0.2) is 0 Å². The van der Waals surface area contributed by atoms with E-state index in [9.17, 15) is 4.21 Å². The first kappa shape index (κ1) is 10.8. The number of hydrogen-bond acceptors (Lipinski definition) is 2. The van der Waals surface area contributed by atoms with E-state index in [4.69, 9.17) is 4.74 Å². The van der Waals surface area contributed by atoms with Crippen molar-refractivity contribution in [1.29, 1.82) is 0 Å². The van der Waals surface area contributed by atoms with Crippen LogP contribution >= 0.6 is 0 Å². The Hall–Kier alpha value is -0.310. The normalized spacial score (nSPS) is 30.2. The first-order valence-electron chi connectivity index (χ1n) is 4.94. The zero-order chi connectivity index (χ0) is 9.52. The summed E-state index contributed by atoms with van der Waals surface area (Å²) in [6.07, 6.45) is 7.30. The van der Waals surface area contributed by atoms with Crippen LogP contribution in [0.1, 0.15) is 32.1 Å². The van der Waals surface area contributed by atoms with Gasteiger partial charge in [0.25, 0.3) is 0 Å². The maximum Gasteiger partial charge on any atom is 0.102 e. The van der Waals surface area contributed by atoms with Crippen molar-refractivity contribution < 1.29 is 8.95 Å². The Morgan fingerprint density at radius 2 is 2.15 bits per heavy atom. The molecule has 1 saturated heterocycles. The molecule has 0 aromatic rings. The minimum atomic E-state index is -0.681. The Kier molecular flexibility index (Phi) is 5.13. The lowest BCUT2D eigenvalue weighted by Gasteiger charge is -2.18. The van der Waals surface area contributed by atoms with Gasteiger partial charge in [-0.25, -0.2) is 0 Å². The Morgan fingerprint density at radius 3 is 2.92 bits per heavy atom. The van der Waals surface area contributed by atoms with E-state index in [0.29, 0.717) is 6.61 Å². The maximum atomic E-state index is 11.7. The predicted molar refractivity (Wildman–Crippen MR) is 56.0 cm³/mol. The molecule has 2 unspecified atom stereocenters. The van der Waals surface area contributed by atoms with Crippen LogP contribution in [0.2, 0.25) is 0 Å². The molecule has 0 amide bonds. The Morgan fingerprint density at radius 1 is 1.38 bits per heavy atom. The van der Waals surface area contributed by atoms with Gasteiger partial charge in [-0.1, -0.05) is 25.8 Å². The van der Waals surface area contributed by atoms with Gasteiger partial charge in [0, 0.05) is 16.6 Å². The Labute approximate surface area is 82.8 Å². The summed E-state index contributed by atoms with van der Waals surface area (Å²) in [5.41, 5.74) is 0. The van der Waals surface area contributed by atoms with E-state index >= 15 is 0 Å². The minimum absolute atomic E-state index is 0.235. The third-order valence-corrected chi connectivity index (χ3v) is 4.20. The molecule has 1 rings (SSSR count). The number of ether oxygens (including phenoxy) is 1. The van der Waals surface area contributed by atoms with Crippen LogP contribution in [-0.2, 0) is 15.5 Å². The van der Waals surface area contributed by atoms with Crippen LogP contribution in [-0.4, -0.2) is 21.8 Å². The lowest BCUT2D eigenvalue weighted by molar-refractivity contribution is 0.244. The van der Waals surface area contributed by atoms with Gasteiger partial charge in [-0.3, -0.25) is 4.21 Å². The average Bonchev–Trinajstić information content (AvgIpc) is 2.11. The van der Waals surface area contributed by atoms with Crippen LogP contribution in [0.15, 0.2) is 12.8 Å². The van der Waals surface area contributed by atoms with Crippen molar-refractivity contribution in [1.82, 2.24) is 0 Å². The molecule has 0 saturated carbocycles. The van der Waals surface area contributed by atoms with Crippen molar-refractivity contribution in [2.75, 3.05) is 12.4 Å². The van der Waals surface area contributed by atoms with Crippen molar-refractivity contribution in [2.24, 2.45) is 0 Å². The summed E-state index contributed by atoms with van der Waals surface area (Å²) < 4.78 is 16.8. The fourth-order valence-corrected chi connectivity index (χ4v) is 3.08. The highest BCUT2D eigenvalue weighted by atomic mass is 32.2. The Balaban J connectivity index is 2.36. The van der Waals surface area contributed by atoms with Gasteiger partial charge in [-0.15, -0.1) is 0 Å². The van der Waals surface area contributed by atoms with Gasteiger partial charge < -0.3 is 4.74 Å². The van der Waals surface area contributed by atoms with E-state index in [1.54, 1.807) is 0 Å². The highest BCUT2D eigenvalue weighted by molar-refractivity contribution is 7.85. The molecule has 0 radical (unpaired) electrons. The van der Waals surface area contributed by atoms with E-state index in [-0.39, 0.29) is 5.25 Å². The van der Waals surface area contributed by atoms with E-state index in [0.717, 1.165) is 18.6 Å². The monoisotopic (exact) mass is 202 g/mol. The molecule has 0 bridgehead atoms. The first-order valence-corrected chi connectivity index (χ1v) is 6.32. The van der Waals surface area contributed by atoms with E-state index in [1.807, 2.05) is 0 Å². The summed E-state index contributed by atoms with van der Waals surface area (Å²) in [4.78, 5) is 0. The van der Waals surface area contributed by atoms with E-state index in [2.05, 4.69) is 6.58 Å². The average molecular weight is 202 g/mol. The molecule has 13 heavy (non-hydrogen) atoms. The summed E-state index contributed by atoms with van der Waals surface area (Å²) in [7, 11) is -0.681. The molecule has 76 valence electrons. The van der Waals surface area contributed by atoms with Gasteiger partial charge in [0.2, 0.25) is 0 Å². The zero-order valence-electron chi connectivity index (χ0n) is 8.04. The number of hydrogen-bond donors (Lipinski definition) is 0. The van der Waals surface area contributed by atoms with E-state index in [1.165, 1.54) is 25.5 Å². The molecule has 0 aromatic heterocycles.